The normalized spacial score (nSPS) is 28.4. The van der Waals surface area contributed by atoms with Crippen molar-refractivity contribution < 1.29 is 34.8 Å². The third-order valence-electron chi connectivity index (χ3n) is 7.40. The Hall–Kier alpha value is -3.21. The number of carbonyl (C=O) groups is 3. The molecule has 1 fully saturated rings. The number of nitrogens with zero attached hydrogens (tertiary/aromatic N) is 1. The first-order chi connectivity index (χ1) is 16.3. The molecule has 7 N–H and O–H groups in total. The van der Waals surface area contributed by atoms with Crippen LogP contribution in [-0.2, 0) is 27.3 Å². The summed E-state index contributed by atoms with van der Waals surface area (Å²) < 4.78 is 0. The number of aliphatic hydroxyl groups excluding tert-OH is 2. The average molecular weight is 486 g/mol. The van der Waals surface area contributed by atoms with Gasteiger partial charge in [0.05, 0.1) is 11.6 Å². The summed E-state index contributed by atoms with van der Waals surface area (Å²) in [5, 5.41) is 47.5. The van der Waals surface area contributed by atoms with Crippen LogP contribution in [0.2, 0.25) is 0 Å². The van der Waals surface area contributed by atoms with Crippen LogP contribution in [0.25, 0.3) is 5.76 Å². The van der Waals surface area contributed by atoms with Crippen LogP contribution in [0.4, 0.5) is 0 Å². The van der Waals surface area contributed by atoms with E-state index in [0.717, 1.165) is 5.56 Å². The molecule has 1 aromatic carbocycles. The molecule has 4 atom stereocenters. The van der Waals surface area contributed by atoms with Gasteiger partial charge in [-0.05, 0) is 50.0 Å². The third kappa shape index (κ3) is 3.55. The molecule has 35 heavy (non-hydrogen) atoms. The number of likely N-dealkylation sites (N-methyl/N-ethyl adjacent to an activating group) is 1. The second-order valence-electron chi connectivity index (χ2n) is 10.1. The fraction of sp³-hybridized carbons (Fsp3) is 0.480. The molecular weight excluding hydrogens is 454 g/mol. The molecule has 10 nitrogen and oxygen atoms in total. The summed E-state index contributed by atoms with van der Waals surface area (Å²) in [7, 11) is 3.14. The molecule has 1 saturated carbocycles. The van der Waals surface area contributed by atoms with E-state index in [9.17, 15) is 34.8 Å². The number of phenols is 1. The molecule has 0 bridgehead atoms. The van der Waals surface area contributed by atoms with Crippen molar-refractivity contribution in [1.82, 2.24) is 10.2 Å². The lowest BCUT2D eigenvalue weighted by atomic mass is 9.57. The predicted molar refractivity (Wildman–Crippen MR) is 126 cm³/mol. The Labute approximate surface area is 202 Å². The summed E-state index contributed by atoms with van der Waals surface area (Å²) >= 11 is 0. The maximum atomic E-state index is 13.8. The molecular formula is C25H31N3O7. The van der Waals surface area contributed by atoms with E-state index in [1.54, 1.807) is 20.2 Å². The van der Waals surface area contributed by atoms with Crippen molar-refractivity contribution >= 4 is 23.2 Å². The Balaban J connectivity index is 1.92. The van der Waals surface area contributed by atoms with Gasteiger partial charge in [-0.3, -0.25) is 19.3 Å². The maximum absolute atomic E-state index is 13.8. The Morgan fingerprint density at radius 3 is 2.46 bits per heavy atom. The van der Waals surface area contributed by atoms with Crippen LogP contribution < -0.4 is 11.1 Å². The van der Waals surface area contributed by atoms with Crippen molar-refractivity contribution in [1.29, 1.82) is 0 Å². The molecule has 0 heterocycles. The van der Waals surface area contributed by atoms with Crippen LogP contribution in [0.3, 0.4) is 0 Å². The van der Waals surface area contributed by atoms with Gasteiger partial charge < -0.3 is 31.5 Å². The number of fused-ring (bicyclic) bond motifs is 3. The highest BCUT2D eigenvalue weighted by atomic mass is 16.3. The number of phenolic OH excluding ortho intramolecular Hbond substituents is 1. The average Bonchev–Trinajstić information content (AvgIpc) is 2.75. The molecule has 1 amide bonds. The van der Waals surface area contributed by atoms with Gasteiger partial charge in [-0.15, -0.1) is 0 Å². The summed E-state index contributed by atoms with van der Waals surface area (Å²) in [6.45, 7) is 4.46. The zero-order valence-electron chi connectivity index (χ0n) is 20.1. The molecule has 1 unspecified atom stereocenters. The van der Waals surface area contributed by atoms with Crippen molar-refractivity contribution in [2.45, 2.75) is 50.9 Å². The largest absolute Gasteiger partial charge is 0.508 e. The van der Waals surface area contributed by atoms with E-state index in [1.807, 2.05) is 13.8 Å². The van der Waals surface area contributed by atoms with Gasteiger partial charge >= 0.3 is 0 Å². The molecule has 188 valence electrons. The van der Waals surface area contributed by atoms with E-state index in [0.29, 0.717) is 12.1 Å². The molecule has 10 heteroatoms. The number of rotatable bonds is 5. The van der Waals surface area contributed by atoms with E-state index in [2.05, 4.69) is 5.32 Å². The number of hydrogen-bond acceptors (Lipinski definition) is 9. The van der Waals surface area contributed by atoms with Gasteiger partial charge in [-0.2, -0.15) is 0 Å². The van der Waals surface area contributed by atoms with Crippen molar-refractivity contribution in [3.63, 3.8) is 0 Å². The zero-order valence-corrected chi connectivity index (χ0v) is 20.1. The highest BCUT2D eigenvalue weighted by molar-refractivity contribution is 6.24. The zero-order chi connectivity index (χ0) is 26.0. The standard InChI is InChI=1S/C25H31N3O7/c1-10(2)27-9-11-5-6-15(29)17-13(11)7-12-8-14-19(28(3)4)21(31)18(24(26)34)23(33)25(14,35)22(32)16(12)20(17)30/h5-6,10,12,14,19,27,29-30,33,35H,7-9H2,1-4H3,(H2,26,34)/t12-,14-,19?,25-/m1/s1. The number of primary amides is 1. The van der Waals surface area contributed by atoms with E-state index in [4.69, 9.17) is 5.73 Å². The van der Waals surface area contributed by atoms with Crippen LogP contribution >= 0.6 is 0 Å². The van der Waals surface area contributed by atoms with Crippen molar-refractivity contribution in [2.75, 3.05) is 14.1 Å². The van der Waals surface area contributed by atoms with Crippen molar-refractivity contribution in [3.8, 4) is 5.75 Å². The molecule has 0 aromatic heterocycles. The number of aliphatic hydroxyl groups is 3. The first kappa shape index (κ1) is 24.9. The first-order valence-corrected chi connectivity index (χ1v) is 11.5. The SMILES string of the molecule is CC(C)NCc1ccc(O)c2c1C[C@@H]1C[C@@H]3C(N(C)C)C(=O)C(C(N)=O)=C(O)[C@]3(O)C(=O)C1=C2O. The molecule has 0 saturated heterocycles. The van der Waals surface area contributed by atoms with Crippen molar-refractivity contribution in [2.24, 2.45) is 17.6 Å². The molecule has 0 spiro atoms. The van der Waals surface area contributed by atoms with E-state index >= 15 is 0 Å². The topological polar surface area (TPSA) is 173 Å². The lowest BCUT2D eigenvalue weighted by Gasteiger charge is -2.50. The minimum atomic E-state index is -2.63. The Bertz CT molecular complexity index is 1200. The van der Waals surface area contributed by atoms with E-state index < -0.39 is 58.0 Å². The second kappa shape index (κ2) is 8.47. The number of nitrogens with one attached hydrogen (secondary N) is 1. The summed E-state index contributed by atoms with van der Waals surface area (Å²) in [5.74, 6) is -6.50. The molecule has 0 radical (unpaired) electrons. The van der Waals surface area contributed by atoms with Crippen LogP contribution in [-0.4, -0.2) is 74.6 Å². The first-order valence-electron chi connectivity index (χ1n) is 11.5. The fourth-order valence-electron chi connectivity index (χ4n) is 5.79. The second-order valence-corrected chi connectivity index (χ2v) is 10.1. The van der Waals surface area contributed by atoms with E-state index in [1.165, 1.54) is 11.0 Å². The van der Waals surface area contributed by atoms with E-state index in [-0.39, 0.29) is 35.8 Å². The summed E-state index contributed by atoms with van der Waals surface area (Å²) in [6.07, 6.45) is 0.344. The molecule has 3 aliphatic rings. The smallest absolute Gasteiger partial charge is 0.255 e. The summed E-state index contributed by atoms with van der Waals surface area (Å²) in [6, 6.07) is 2.28. The summed E-state index contributed by atoms with van der Waals surface area (Å²) in [4.78, 5) is 40.4. The Morgan fingerprint density at radius 1 is 1.23 bits per heavy atom. The van der Waals surface area contributed by atoms with Crippen LogP contribution in [0.1, 0.15) is 37.0 Å². The molecule has 1 aromatic rings. The summed E-state index contributed by atoms with van der Waals surface area (Å²) in [5.41, 5.74) is 3.34. The van der Waals surface area contributed by atoms with Gasteiger partial charge in [0.1, 0.15) is 22.8 Å². The third-order valence-corrected chi connectivity index (χ3v) is 7.40. The fourth-order valence-corrected chi connectivity index (χ4v) is 5.79. The highest BCUT2D eigenvalue weighted by Crippen LogP contribution is 2.52. The van der Waals surface area contributed by atoms with Crippen LogP contribution in [0, 0.1) is 11.8 Å². The Morgan fingerprint density at radius 2 is 1.89 bits per heavy atom. The number of amides is 1. The van der Waals surface area contributed by atoms with Crippen molar-refractivity contribution in [3.05, 3.63) is 45.7 Å². The molecule has 3 aliphatic carbocycles. The number of benzene rings is 1. The van der Waals surface area contributed by atoms with Gasteiger partial charge in [-0.1, -0.05) is 19.9 Å². The van der Waals surface area contributed by atoms with Crippen LogP contribution in [0.5, 0.6) is 5.75 Å². The lowest BCUT2D eigenvalue weighted by molar-refractivity contribution is -0.153. The minimum absolute atomic E-state index is 0.0679. The number of nitrogens with two attached hydrogens (primary N) is 1. The predicted octanol–water partition coefficient (Wildman–Crippen LogP) is 0.462. The molecule has 4 rings (SSSR count). The Kier molecular flexibility index (Phi) is 6.03. The quantitative estimate of drug-likeness (QED) is 0.324. The van der Waals surface area contributed by atoms with Gasteiger partial charge in [0.15, 0.2) is 11.4 Å². The number of aromatic hydroxyl groups is 1. The molecule has 0 aliphatic heterocycles. The van der Waals surface area contributed by atoms with Gasteiger partial charge in [0.25, 0.3) is 5.91 Å². The lowest BCUT2D eigenvalue weighted by Crippen LogP contribution is -2.65. The highest BCUT2D eigenvalue weighted by Gasteiger charge is 2.64. The number of ketones is 2. The number of Topliss-reactive ketones (excluding diaryl/α,β-unsaturated/α-hetero) is 2. The minimum Gasteiger partial charge on any atom is -0.508 e. The monoisotopic (exact) mass is 485 g/mol. The van der Waals surface area contributed by atoms with Gasteiger partial charge in [0, 0.05) is 24.1 Å². The van der Waals surface area contributed by atoms with Gasteiger partial charge in [-0.25, -0.2) is 0 Å². The number of carbonyl (C=O) groups excluding carboxylic acids is 3. The number of hydrogen-bond donors (Lipinski definition) is 6. The maximum Gasteiger partial charge on any atom is 0.255 e. The van der Waals surface area contributed by atoms with Crippen LogP contribution in [0.15, 0.2) is 29.0 Å². The van der Waals surface area contributed by atoms with Gasteiger partial charge in [0.2, 0.25) is 5.78 Å².